The van der Waals surface area contributed by atoms with Crippen molar-refractivity contribution < 1.29 is 9.59 Å². The van der Waals surface area contributed by atoms with Crippen LogP contribution in [0.25, 0.3) is 0 Å². The summed E-state index contributed by atoms with van der Waals surface area (Å²) in [6.45, 7) is 7.68. The van der Waals surface area contributed by atoms with Crippen LogP contribution in [0.2, 0.25) is 0 Å². The maximum absolute atomic E-state index is 13.1. The molecule has 2 aromatic carbocycles. The van der Waals surface area contributed by atoms with Gasteiger partial charge in [-0.15, -0.1) is 0 Å². The zero-order valence-electron chi connectivity index (χ0n) is 17.3. The highest BCUT2D eigenvalue weighted by Gasteiger charge is 2.40. The lowest BCUT2D eigenvalue weighted by Gasteiger charge is -2.46. The van der Waals surface area contributed by atoms with E-state index in [1.165, 1.54) is 11.1 Å². The fourth-order valence-electron chi connectivity index (χ4n) is 4.34. The summed E-state index contributed by atoms with van der Waals surface area (Å²) in [6, 6.07) is 11.9. The molecule has 0 aromatic heterocycles. The topological polar surface area (TPSA) is 52.7 Å². The van der Waals surface area contributed by atoms with Crippen molar-refractivity contribution in [1.82, 2.24) is 9.80 Å². The first-order valence-corrected chi connectivity index (χ1v) is 11.8. The van der Waals surface area contributed by atoms with E-state index in [9.17, 15) is 9.59 Å². The molecule has 1 fully saturated rings. The molecule has 2 aliphatic rings. The Labute approximate surface area is 194 Å². The van der Waals surface area contributed by atoms with Crippen LogP contribution < -0.4 is 5.32 Å². The highest BCUT2D eigenvalue weighted by atomic mass is 79.9. The second kappa shape index (κ2) is 8.35. The van der Waals surface area contributed by atoms with E-state index in [0.29, 0.717) is 30.6 Å². The van der Waals surface area contributed by atoms with Gasteiger partial charge in [-0.1, -0.05) is 45.0 Å². The van der Waals surface area contributed by atoms with Crippen LogP contribution in [0.5, 0.6) is 0 Å². The van der Waals surface area contributed by atoms with Gasteiger partial charge in [0, 0.05) is 22.0 Å². The minimum absolute atomic E-state index is 0.00367. The molecule has 2 aliphatic heterocycles. The van der Waals surface area contributed by atoms with Gasteiger partial charge in [-0.2, -0.15) is 0 Å². The number of urea groups is 1. The quantitative estimate of drug-likeness (QED) is 0.524. The Morgan fingerprint density at radius 3 is 2.37 bits per heavy atom. The lowest BCUT2D eigenvalue weighted by molar-refractivity contribution is -0.139. The predicted molar refractivity (Wildman–Crippen MR) is 126 cm³/mol. The van der Waals surface area contributed by atoms with Crippen LogP contribution in [0.15, 0.2) is 45.3 Å². The van der Waals surface area contributed by atoms with E-state index >= 15 is 0 Å². The first-order valence-electron chi connectivity index (χ1n) is 10.2. The Balaban J connectivity index is 1.57. The number of hydrogen-bond acceptors (Lipinski definition) is 2. The normalized spacial score (nSPS) is 20.8. The van der Waals surface area contributed by atoms with Crippen molar-refractivity contribution >= 4 is 49.5 Å². The van der Waals surface area contributed by atoms with E-state index in [4.69, 9.17) is 0 Å². The van der Waals surface area contributed by atoms with Gasteiger partial charge >= 0.3 is 6.03 Å². The molecule has 0 spiro atoms. The third-order valence-corrected chi connectivity index (χ3v) is 7.27. The number of nitrogens with zero attached hydrogens (tertiary/aromatic N) is 2. The molecule has 2 aromatic rings. The highest BCUT2D eigenvalue weighted by molar-refractivity contribution is 9.11. The van der Waals surface area contributed by atoms with E-state index in [1.807, 2.05) is 29.2 Å². The molecule has 7 heteroatoms. The molecule has 1 N–H and O–H groups in total. The summed E-state index contributed by atoms with van der Waals surface area (Å²) in [7, 11) is 0. The van der Waals surface area contributed by atoms with Crippen LogP contribution in [-0.4, -0.2) is 41.4 Å². The van der Waals surface area contributed by atoms with Crippen molar-refractivity contribution in [3.63, 3.8) is 0 Å². The smallest absolute Gasteiger partial charge is 0.322 e. The summed E-state index contributed by atoms with van der Waals surface area (Å²) >= 11 is 7.15. The Morgan fingerprint density at radius 1 is 1.10 bits per heavy atom. The number of halogens is 2. The number of anilines is 1. The van der Waals surface area contributed by atoms with E-state index in [-0.39, 0.29) is 24.5 Å². The number of piperazine rings is 1. The number of rotatable bonds is 2. The maximum Gasteiger partial charge on any atom is 0.322 e. The standard InChI is InChI=1S/C23H25Br2N3O2/c1-13(2)15-8-18(24)22(19(25)9-15)26-23(30)27-11-20-17-7-5-4-6-16(17)14(3)10-28(20)21(29)12-27/h4-9,13-14,20H,10-12H2,1-3H3,(H,26,30). The lowest BCUT2D eigenvalue weighted by Crippen LogP contribution is -2.56. The number of benzene rings is 2. The molecule has 5 nitrogen and oxygen atoms in total. The molecule has 2 atom stereocenters. The fraction of sp³-hybridized carbons (Fsp3) is 0.391. The van der Waals surface area contributed by atoms with Crippen molar-refractivity contribution in [2.24, 2.45) is 0 Å². The van der Waals surface area contributed by atoms with E-state index in [0.717, 1.165) is 14.5 Å². The first kappa shape index (κ1) is 21.4. The van der Waals surface area contributed by atoms with Crippen molar-refractivity contribution in [3.05, 3.63) is 62.0 Å². The number of fused-ring (bicyclic) bond motifs is 3. The summed E-state index contributed by atoms with van der Waals surface area (Å²) in [4.78, 5) is 29.5. The average Bonchev–Trinajstić information content (AvgIpc) is 2.71. The fourth-order valence-corrected chi connectivity index (χ4v) is 5.76. The van der Waals surface area contributed by atoms with Gasteiger partial charge in [-0.05, 0) is 72.5 Å². The summed E-state index contributed by atoms with van der Waals surface area (Å²) < 4.78 is 1.63. The zero-order chi connectivity index (χ0) is 21.6. The van der Waals surface area contributed by atoms with Gasteiger partial charge in [-0.3, -0.25) is 4.79 Å². The van der Waals surface area contributed by atoms with Gasteiger partial charge in [0.25, 0.3) is 0 Å². The van der Waals surface area contributed by atoms with Crippen LogP contribution in [-0.2, 0) is 4.79 Å². The Morgan fingerprint density at radius 2 is 1.73 bits per heavy atom. The molecule has 0 saturated carbocycles. The van der Waals surface area contributed by atoms with Gasteiger partial charge in [0.2, 0.25) is 5.91 Å². The summed E-state index contributed by atoms with van der Waals surface area (Å²) in [5, 5.41) is 2.99. The molecule has 4 rings (SSSR count). The molecular formula is C23H25Br2N3O2. The molecule has 30 heavy (non-hydrogen) atoms. The van der Waals surface area contributed by atoms with Crippen molar-refractivity contribution in [1.29, 1.82) is 0 Å². The predicted octanol–water partition coefficient (Wildman–Crippen LogP) is 5.87. The Kier molecular flexibility index (Phi) is 5.95. The second-order valence-electron chi connectivity index (χ2n) is 8.42. The van der Waals surface area contributed by atoms with Gasteiger partial charge in [0.15, 0.2) is 0 Å². The number of carbonyl (C=O) groups is 2. The second-order valence-corrected chi connectivity index (χ2v) is 10.1. The van der Waals surface area contributed by atoms with Crippen LogP contribution in [0.3, 0.4) is 0 Å². The van der Waals surface area contributed by atoms with Gasteiger partial charge in [0.1, 0.15) is 6.54 Å². The minimum Gasteiger partial charge on any atom is -0.332 e. The van der Waals surface area contributed by atoms with Crippen molar-refractivity contribution in [2.75, 3.05) is 25.0 Å². The van der Waals surface area contributed by atoms with Crippen LogP contribution in [0.4, 0.5) is 10.5 Å². The Bertz CT molecular complexity index is 985. The Hall–Kier alpha value is -1.86. The van der Waals surface area contributed by atoms with E-state index in [2.05, 4.69) is 70.1 Å². The molecule has 1 saturated heterocycles. The zero-order valence-corrected chi connectivity index (χ0v) is 20.5. The third-order valence-electron chi connectivity index (χ3n) is 6.02. The number of carbonyl (C=O) groups excluding carboxylic acids is 2. The summed E-state index contributed by atoms with van der Waals surface area (Å²) in [5.74, 6) is 0.672. The van der Waals surface area contributed by atoms with Crippen LogP contribution in [0.1, 0.15) is 55.3 Å². The molecule has 0 radical (unpaired) electrons. The van der Waals surface area contributed by atoms with Gasteiger partial charge < -0.3 is 15.1 Å². The molecule has 2 unspecified atom stereocenters. The molecule has 3 amide bonds. The van der Waals surface area contributed by atoms with E-state index < -0.39 is 0 Å². The van der Waals surface area contributed by atoms with Crippen molar-refractivity contribution in [2.45, 2.75) is 38.6 Å². The first-order chi connectivity index (χ1) is 14.3. The molecule has 2 heterocycles. The van der Waals surface area contributed by atoms with E-state index in [1.54, 1.807) is 4.90 Å². The minimum atomic E-state index is -0.266. The molecule has 0 bridgehead atoms. The average molecular weight is 535 g/mol. The SMILES string of the molecule is CC(C)c1cc(Br)c(NC(=O)N2CC(=O)N3CC(C)c4ccccc4C3C2)c(Br)c1. The third kappa shape index (κ3) is 3.89. The van der Waals surface area contributed by atoms with Gasteiger partial charge in [-0.25, -0.2) is 4.79 Å². The number of amides is 3. The number of nitrogens with one attached hydrogen (secondary N) is 1. The monoisotopic (exact) mass is 533 g/mol. The highest BCUT2D eigenvalue weighted by Crippen LogP contribution is 2.39. The van der Waals surface area contributed by atoms with Crippen LogP contribution in [0, 0.1) is 0 Å². The van der Waals surface area contributed by atoms with Gasteiger partial charge in [0.05, 0.1) is 11.7 Å². The van der Waals surface area contributed by atoms with Crippen LogP contribution >= 0.6 is 31.9 Å². The summed E-state index contributed by atoms with van der Waals surface area (Å²) in [6.07, 6.45) is 0. The molecular weight excluding hydrogens is 510 g/mol. The van der Waals surface area contributed by atoms with Crippen molar-refractivity contribution in [3.8, 4) is 0 Å². The number of hydrogen-bond donors (Lipinski definition) is 1. The molecule has 158 valence electrons. The lowest BCUT2D eigenvalue weighted by atomic mass is 9.85. The maximum atomic E-state index is 13.1. The molecule has 0 aliphatic carbocycles. The summed E-state index contributed by atoms with van der Waals surface area (Å²) in [5.41, 5.74) is 4.26. The largest absolute Gasteiger partial charge is 0.332 e.